The molecule has 0 fully saturated rings. The molecule has 2 aromatic rings. The molecule has 0 spiro atoms. The van der Waals surface area contributed by atoms with Crippen LogP contribution in [0.1, 0.15) is 0 Å². The molecule has 14 heavy (non-hydrogen) atoms. The van der Waals surface area contributed by atoms with Crippen LogP contribution < -0.4 is 5.56 Å². The maximum atomic E-state index is 10.9. The Labute approximate surface area is 84.6 Å². The van der Waals surface area contributed by atoms with Crippen LogP contribution in [-0.4, -0.2) is 19.3 Å². The van der Waals surface area contributed by atoms with Crippen molar-refractivity contribution < 1.29 is 0 Å². The molecule has 0 unspecified atom stereocenters. The summed E-state index contributed by atoms with van der Waals surface area (Å²) in [5, 5.41) is 4.01. The van der Waals surface area contributed by atoms with Gasteiger partial charge in [-0.25, -0.2) is 0 Å². The summed E-state index contributed by atoms with van der Waals surface area (Å²) in [5.74, 6) is 0. The fraction of sp³-hybridized carbons (Fsp3) is 0.125. The standard InChI is InChI=1S/C8H8N4OS/c1-11-5-6(4-9-11)12-3-2-7(13)10-8(12)14/h2-5H,1H3,(H,10,13,14). The van der Waals surface area contributed by atoms with Crippen LogP contribution in [0.2, 0.25) is 0 Å². The molecule has 0 aromatic carbocycles. The first-order valence-electron chi connectivity index (χ1n) is 3.98. The van der Waals surface area contributed by atoms with E-state index in [2.05, 4.69) is 10.1 Å². The smallest absolute Gasteiger partial charge is 0.251 e. The largest absolute Gasteiger partial charge is 0.299 e. The molecule has 0 saturated carbocycles. The highest BCUT2D eigenvalue weighted by molar-refractivity contribution is 7.71. The average Bonchev–Trinajstić information content (AvgIpc) is 2.51. The second-order valence-corrected chi connectivity index (χ2v) is 3.24. The van der Waals surface area contributed by atoms with Gasteiger partial charge in [0, 0.05) is 25.5 Å². The SMILES string of the molecule is Cn1cc(-n2ccc(=O)[nH]c2=S)cn1. The fourth-order valence-corrected chi connectivity index (χ4v) is 1.42. The van der Waals surface area contributed by atoms with E-state index in [0.29, 0.717) is 4.77 Å². The molecular formula is C8H8N4OS. The van der Waals surface area contributed by atoms with Gasteiger partial charge in [-0.05, 0) is 12.2 Å². The third-order valence-electron chi connectivity index (χ3n) is 1.79. The Morgan fingerprint density at radius 3 is 2.93 bits per heavy atom. The molecule has 0 saturated heterocycles. The van der Waals surface area contributed by atoms with E-state index in [1.165, 1.54) is 6.07 Å². The Kier molecular flexibility index (Phi) is 2.05. The van der Waals surface area contributed by atoms with Crippen LogP contribution in [0.4, 0.5) is 0 Å². The van der Waals surface area contributed by atoms with Crippen molar-refractivity contribution in [2.75, 3.05) is 0 Å². The number of hydrogen-bond donors (Lipinski definition) is 1. The summed E-state index contributed by atoms with van der Waals surface area (Å²) in [6.07, 6.45) is 5.11. The summed E-state index contributed by atoms with van der Waals surface area (Å²) in [4.78, 5) is 13.5. The van der Waals surface area contributed by atoms with Gasteiger partial charge in [0.25, 0.3) is 5.56 Å². The van der Waals surface area contributed by atoms with E-state index < -0.39 is 0 Å². The minimum Gasteiger partial charge on any atom is -0.299 e. The third kappa shape index (κ3) is 1.51. The van der Waals surface area contributed by atoms with Crippen molar-refractivity contribution in [1.82, 2.24) is 19.3 Å². The Morgan fingerprint density at radius 2 is 2.36 bits per heavy atom. The lowest BCUT2D eigenvalue weighted by Crippen LogP contribution is -2.09. The number of H-pyrrole nitrogens is 1. The molecule has 0 radical (unpaired) electrons. The maximum absolute atomic E-state index is 10.9. The van der Waals surface area contributed by atoms with Crippen LogP contribution in [0.3, 0.4) is 0 Å². The summed E-state index contributed by atoms with van der Waals surface area (Å²) >= 11 is 5.00. The molecular weight excluding hydrogens is 200 g/mol. The molecule has 0 aliphatic heterocycles. The van der Waals surface area contributed by atoms with Gasteiger partial charge in [-0.1, -0.05) is 0 Å². The Hall–Kier alpha value is -1.69. The zero-order chi connectivity index (χ0) is 10.1. The average molecular weight is 208 g/mol. The number of nitrogens with one attached hydrogen (secondary N) is 1. The van der Waals surface area contributed by atoms with E-state index in [0.717, 1.165) is 5.69 Å². The van der Waals surface area contributed by atoms with E-state index in [1.807, 2.05) is 13.2 Å². The molecule has 0 atom stereocenters. The van der Waals surface area contributed by atoms with Crippen molar-refractivity contribution in [3.05, 3.63) is 39.8 Å². The maximum Gasteiger partial charge on any atom is 0.251 e. The molecule has 2 rings (SSSR count). The topological polar surface area (TPSA) is 55.6 Å². The first kappa shape index (κ1) is 8.89. The van der Waals surface area contributed by atoms with Gasteiger partial charge in [0.15, 0.2) is 4.77 Å². The highest BCUT2D eigenvalue weighted by atomic mass is 32.1. The number of rotatable bonds is 1. The zero-order valence-electron chi connectivity index (χ0n) is 7.47. The monoisotopic (exact) mass is 208 g/mol. The highest BCUT2D eigenvalue weighted by Crippen LogP contribution is 2.03. The molecule has 0 amide bonds. The normalized spacial score (nSPS) is 10.4. The predicted octanol–water partition coefficient (Wildman–Crippen LogP) is 0.629. The van der Waals surface area contributed by atoms with Crippen molar-refractivity contribution in [1.29, 1.82) is 0 Å². The van der Waals surface area contributed by atoms with Crippen molar-refractivity contribution in [3.63, 3.8) is 0 Å². The van der Waals surface area contributed by atoms with Crippen LogP contribution >= 0.6 is 12.2 Å². The van der Waals surface area contributed by atoms with Crippen LogP contribution in [0.5, 0.6) is 0 Å². The number of hydrogen-bond acceptors (Lipinski definition) is 3. The molecule has 0 aliphatic rings. The number of aromatic amines is 1. The molecule has 5 nitrogen and oxygen atoms in total. The quantitative estimate of drug-likeness (QED) is 0.699. The number of nitrogens with zero attached hydrogens (tertiary/aromatic N) is 3. The molecule has 2 aromatic heterocycles. The lowest BCUT2D eigenvalue weighted by molar-refractivity contribution is 0.767. The van der Waals surface area contributed by atoms with E-state index in [1.54, 1.807) is 21.6 Å². The minimum atomic E-state index is -0.199. The Bertz CT molecular complexity index is 565. The second-order valence-electron chi connectivity index (χ2n) is 2.85. The van der Waals surface area contributed by atoms with Gasteiger partial charge in [0.05, 0.1) is 11.9 Å². The molecule has 6 heteroatoms. The van der Waals surface area contributed by atoms with E-state index in [-0.39, 0.29) is 5.56 Å². The van der Waals surface area contributed by atoms with Crippen LogP contribution in [0, 0.1) is 4.77 Å². The predicted molar refractivity (Wildman–Crippen MR) is 54.0 cm³/mol. The molecule has 72 valence electrons. The van der Waals surface area contributed by atoms with Crippen LogP contribution in [-0.2, 0) is 7.05 Å². The van der Waals surface area contributed by atoms with Crippen LogP contribution in [0.25, 0.3) is 5.69 Å². The van der Waals surface area contributed by atoms with Crippen molar-refractivity contribution in [2.24, 2.45) is 7.05 Å². The van der Waals surface area contributed by atoms with Crippen molar-refractivity contribution in [2.45, 2.75) is 0 Å². The van der Waals surface area contributed by atoms with Gasteiger partial charge < -0.3 is 0 Å². The summed E-state index contributed by atoms with van der Waals surface area (Å²) in [6.45, 7) is 0. The van der Waals surface area contributed by atoms with Crippen molar-refractivity contribution >= 4 is 12.2 Å². The van der Waals surface area contributed by atoms with Gasteiger partial charge in [0.1, 0.15) is 0 Å². The summed E-state index contributed by atoms with van der Waals surface area (Å²) < 4.78 is 3.72. The molecule has 1 N–H and O–H groups in total. The van der Waals surface area contributed by atoms with E-state index in [9.17, 15) is 4.79 Å². The summed E-state index contributed by atoms with van der Waals surface area (Å²) in [5.41, 5.74) is 0.629. The first-order chi connectivity index (χ1) is 6.66. The second kappa shape index (κ2) is 3.22. The van der Waals surface area contributed by atoms with Gasteiger partial charge in [-0.2, -0.15) is 5.10 Å². The summed E-state index contributed by atoms with van der Waals surface area (Å²) in [6, 6.07) is 1.42. The molecule has 0 bridgehead atoms. The summed E-state index contributed by atoms with van der Waals surface area (Å²) in [7, 11) is 1.82. The first-order valence-corrected chi connectivity index (χ1v) is 4.38. The zero-order valence-corrected chi connectivity index (χ0v) is 8.28. The highest BCUT2D eigenvalue weighted by Gasteiger charge is 1.98. The number of aromatic nitrogens is 4. The molecule has 2 heterocycles. The van der Waals surface area contributed by atoms with Crippen molar-refractivity contribution in [3.8, 4) is 5.69 Å². The van der Waals surface area contributed by atoms with Gasteiger partial charge in [-0.15, -0.1) is 0 Å². The fourth-order valence-electron chi connectivity index (χ4n) is 1.15. The Balaban J connectivity index is 2.63. The van der Waals surface area contributed by atoms with Crippen LogP contribution in [0.15, 0.2) is 29.5 Å². The third-order valence-corrected chi connectivity index (χ3v) is 2.09. The van der Waals surface area contributed by atoms with E-state index in [4.69, 9.17) is 12.2 Å². The lowest BCUT2D eigenvalue weighted by Gasteiger charge is -2.00. The molecule has 0 aliphatic carbocycles. The van der Waals surface area contributed by atoms with E-state index >= 15 is 0 Å². The number of aryl methyl sites for hydroxylation is 1. The van der Waals surface area contributed by atoms with Gasteiger partial charge in [0.2, 0.25) is 0 Å². The minimum absolute atomic E-state index is 0.199. The van der Waals surface area contributed by atoms with Gasteiger partial charge >= 0.3 is 0 Å². The Morgan fingerprint density at radius 1 is 1.57 bits per heavy atom. The lowest BCUT2D eigenvalue weighted by atomic mass is 10.5. The van der Waals surface area contributed by atoms with Gasteiger partial charge in [-0.3, -0.25) is 19.0 Å².